The van der Waals surface area contributed by atoms with Gasteiger partial charge in [0.2, 0.25) is 0 Å². The zero-order valence-corrected chi connectivity index (χ0v) is 20.6. The normalized spacial score (nSPS) is 16.0. The van der Waals surface area contributed by atoms with Crippen LogP contribution >= 0.6 is 11.8 Å². The van der Waals surface area contributed by atoms with Crippen LogP contribution in [-0.4, -0.2) is 35.0 Å². The Balaban J connectivity index is 1.23. The van der Waals surface area contributed by atoms with E-state index in [0.29, 0.717) is 24.1 Å². The molecule has 5 rings (SSSR count). The first kappa shape index (κ1) is 23.6. The lowest BCUT2D eigenvalue weighted by Gasteiger charge is -2.26. The Kier molecular flexibility index (Phi) is 7.00. The molecule has 6 nitrogen and oxygen atoms in total. The molecular weight excluding hydrogens is 470 g/mol. The first-order chi connectivity index (χ1) is 17.6. The molecule has 0 unspecified atom stereocenters. The molecule has 0 aromatic heterocycles. The zero-order chi connectivity index (χ0) is 24.9. The molecule has 3 aromatic carbocycles. The van der Waals surface area contributed by atoms with Crippen molar-refractivity contribution < 1.29 is 14.3 Å². The average Bonchev–Trinajstić information content (AvgIpc) is 3.32. The number of nitrogens with zero attached hydrogens (tertiary/aromatic N) is 2. The molecule has 180 valence electrons. The highest BCUT2D eigenvalue weighted by atomic mass is 32.2. The Hall–Kier alpha value is -4.10. The van der Waals surface area contributed by atoms with Crippen LogP contribution in [0.3, 0.4) is 0 Å². The summed E-state index contributed by atoms with van der Waals surface area (Å²) in [5.74, 6) is 1.24. The number of aliphatic imine (C=N–C) groups is 1. The van der Waals surface area contributed by atoms with Crippen molar-refractivity contribution in [3.8, 4) is 11.5 Å². The first-order valence-corrected chi connectivity index (χ1v) is 12.5. The predicted octanol–water partition coefficient (Wildman–Crippen LogP) is 6.15. The number of hydrogen-bond donors (Lipinski definition) is 1. The van der Waals surface area contributed by atoms with Crippen molar-refractivity contribution in [1.29, 1.82) is 5.41 Å². The van der Waals surface area contributed by atoms with E-state index in [1.807, 2.05) is 91.2 Å². The fourth-order valence-electron chi connectivity index (χ4n) is 3.85. The van der Waals surface area contributed by atoms with E-state index >= 15 is 0 Å². The SMILES string of the molecule is Cc1ccc(OCCCOc2cccc(/C=C3/C(=N)N4C(c5ccccc5)=CSC4=NC3=O)c2)cc1. The number of amidine groups is 2. The number of rotatable bonds is 8. The second-order valence-corrected chi connectivity index (χ2v) is 9.20. The van der Waals surface area contributed by atoms with Gasteiger partial charge >= 0.3 is 0 Å². The maximum absolute atomic E-state index is 12.8. The quantitative estimate of drug-likeness (QED) is 0.300. The van der Waals surface area contributed by atoms with Gasteiger partial charge in [-0.25, -0.2) is 0 Å². The van der Waals surface area contributed by atoms with E-state index in [1.165, 1.54) is 17.3 Å². The molecule has 0 radical (unpaired) electrons. The fraction of sp³-hybridized carbons (Fsp3) is 0.138. The van der Waals surface area contributed by atoms with Crippen LogP contribution in [0.2, 0.25) is 0 Å². The Bertz CT molecular complexity index is 1380. The van der Waals surface area contributed by atoms with E-state index in [9.17, 15) is 4.79 Å². The number of fused-ring (bicyclic) bond motifs is 1. The van der Waals surface area contributed by atoms with E-state index in [0.717, 1.165) is 29.0 Å². The molecule has 7 heteroatoms. The summed E-state index contributed by atoms with van der Waals surface area (Å²) in [7, 11) is 0. The minimum atomic E-state index is -0.416. The molecule has 1 N–H and O–H groups in total. The van der Waals surface area contributed by atoms with Crippen molar-refractivity contribution in [3.63, 3.8) is 0 Å². The summed E-state index contributed by atoms with van der Waals surface area (Å²) >= 11 is 1.35. The summed E-state index contributed by atoms with van der Waals surface area (Å²) in [5.41, 5.74) is 4.02. The summed E-state index contributed by atoms with van der Waals surface area (Å²) in [6.45, 7) is 3.11. The average molecular weight is 496 g/mol. The highest BCUT2D eigenvalue weighted by Gasteiger charge is 2.36. The van der Waals surface area contributed by atoms with Gasteiger partial charge in [0.15, 0.2) is 5.17 Å². The van der Waals surface area contributed by atoms with Gasteiger partial charge in [0.05, 0.1) is 24.5 Å². The molecule has 0 saturated carbocycles. The van der Waals surface area contributed by atoms with Gasteiger partial charge in [0.1, 0.15) is 17.3 Å². The molecule has 3 aromatic rings. The van der Waals surface area contributed by atoms with E-state index in [-0.39, 0.29) is 11.4 Å². The predicted molar refractivity (Wildman–Crippen MR) is 145 cm³/mol. The lowest BCUT2D eigenvalue weighted by Crippen LogP contribution is -2.38. The minimum Gasteiger partial charge on any atom is -0.493 e. The summed E-state index contributed by atoms with van der Waals surface area (Å²) in [4.78, 5) is 18.7. The van der Waals surface area contributed by atoms with E-state index in [1.54, 1.807) is 11.0 Å². The summed E-state index contributed by atoms with van der Waals surface area (Å²) in [6.07, 6.45) is 2.44. The second-order valence-electron chi connectivity index (χ2n) is 8.36. The van der Waals surface area contributed by atoms with Crippen LogP contribution in [0, 0.1) is 12.3 Å². The highest BCUT2D eigenvalue weighted by Crippen LogP contribution is 2.37. The van der Waals surface area contributed by atoms with Crippen molar-refractivity contribution in [2.75, 3.05) is 13.2 Å². The third kappa shape index (κ3) is 5.26. The zero-order valence-electron chi connectivity index (χ0n) is 19.8. The van der Waals surface area contributed by atoms with Crippen molar-refractivity contribution in [2.45, 2.75) is 13.3 Å². The summed E-state index contributed by atoms with van der Waals surface area (Å²) in [5, 5.41) is 11.2. The smallest absolute Gasteiger partial charge is 0.283 e. The molecule has 0 spiro atoms. The van der Waals surface area contributed by atoms with Crippen LogP contribution in [0.15, 0.2) is 94.8 Å². The molecule has 0 aliphatic carbocycles. The standard InChI is InChI=1S/C29H25N3O3S/c1-20-11-13-23(14-12-20)34-15-6-16-35-24-10-5-7-21(17-24)18-25-27(30)32-26(22-8-3-2-4-9-22)19-36-29(32)31-28(25)33/h2-5,7-14,17-19,30H,6,15-16H2,1H3/b25-18-,30-27?. The third-order valence-electron chi connectivity index (χ3n) is 5.70. The van der Waals surface area contributed by atoms with Crippen molar-refractivity contribution in [2.24, 2.45) is 4.99 Å². The molecule has 2 heterocycles. The molecular formula is C29H25N3O3S. The van der Waals surface area contributed by atoms with Gasteiger partial charge in [-0.3, -0.25) is 15.1 Å². The number of ether oxygens (including phenoxy) is 2. The van der Waals surface area contributed by atoms with Crippen LogP contribution in [0.4, 0.5) is 0 Å². The molecule has 0 atom stereocenters. The third-order valence-corrected chi connectivity index (χ3v) is 6.53. The van der Waals surface area contributed by atoms with Gasteiger partial charge in [-0.1, -0.05) is 71.9 Å². The van der Waals surface area contributed by atoms with E-state index in [2.05, 4.69) is 4.99 Å². The Labute approximate surface area is 214 Å². The van der Waals surface area contributed by atoms with Gasteiger partial charge in [0, 0.05) is 11.8 Å². The van der Waals surface area contributed by atoms with Crippen molar-refractivity contribution in [3.05, 3.63) is 107 Å². The number of benzene rings is 3. The molecule has 1 amide bonds. The second kappa shape index (κ2) is 10.7. The molecule has 0 bridgehead atoms. The van der Waals surface area contributed by atoms with Gasteiger partial charge < -0.3 is 9.47 Å². The first-order valence-electron chi connectivity index (χ1n) is 11.7. The number of carbonyl (C=O) groups is 1. The van der Waals surface area contributed by atoms with E-state index < -0.39 is 5.91 Å². The number of carbonyl (C=O) groups excluding carboxylic acids is 1. The molecule has 36 heavy (non-hydrogen) atoms. The highest BCUT2D eigenvalue weighted by molar-refractivity contribution is 8.17. The van der Waals surface area contributed by atoms with E-state index in [4.69, 9.17) is 14.9 Å². The number of amides is 1. The van der Waals surface area contributed by atoms with Crippen LogP contribution in [0.5, 0.6) is 11.5 Å². The lowest BCUT2D eigenvalue weighted by molar-refractivity contribution is -0.114. The minimum absolute atomic E-state index is 0.115. The van der Waals surface area contributed by atoms with Crippen LogP contribution in [0.25, 0.3) is 11.8 Å². The molecule has 2 aliphatic heterocycles. The number of thioether (sulfide) groups is 1. The van der Waals surface area contributed by atoms with Gasteiger partial charge in [-0.15, -0.1) is 0 Å². The maximum Gasteiger partial charge on any atom is 0.283 e. The largest absolute Gasteiger partial charge is 0.493 e. The number of aryl methyl sites for hydroxylation is 1. The maximum atomic E-state index is 12.8. The summed E-state index contributed by atoms with van der Waals surface area (Å²) < 4.78 is 11.6. The topological polar surface area (TPSA) is 75.0 Å². The van der Waals surface area contributed by atoms with Crippen molar-refractivity contribution in [1.82, 2.24) is 4.90 Å². The molecule has 0 fully saturated rings. The van der Waals surface area contributed by atoms with Crippen LogP contribution in [0.1, 0.15) is 23.1 Å². The Morgan fingerprint density at radius 3 is 2.47 bits per heavy atom. The Morgan fingerprint density at radius 1 is 0.944 bits per heavy atom. The fourth-order valence-corrected chi connectivity index (χ4v) is 4.74. The number of nitrogens with one attached hydrogen (secondary N) is 1. The van der Waals surface area contributed by atoms with Crippen molar-refractivity contribution >= 4 is 40.4 Å². The molecule has 2 aliphatic rings. The monoisotopic (exact) mass is 495 g/mol. The van der Waals surface area contributed by atoms with Crippen LogP contribution in [-0.2, 0) is 4.79 Å². The molecule has 0 saturated heterocycles. The van der Waals surface area contributed by atoms with Gasteiger partial charge in [0.25, 0.3) is 5.91 Å². The van der Waals surface area contributed by atoms with Gasteiger partial charge in [-0.2, -0.15) is 4.99 Å². The van der Waals surface area contributed by atoms with Gasteiger partial charge in [-0.05, 0) is 48.4 Å². The lowest BCUT2D eigenvalue weighted by atomic mass is 10.1. The number of hydrogen-bond acceptors (Lipinski definition) is 5. The van der Waals surface area contributed by atoms with Crippen LogP contribution < -0.4 is 9.47 Å². The Morgan fingerprint density at radius 2 is 1.69 bits per heavy atom. The summed E-state index contributed by atoms with van der Waals surface area (Å²) in [6, 6.07) is 25.3.